The Morgan fingerprint density at radius 3 is 2.55 bits per heavy atom. The van der Waals surface area contributed by atoms with Crippen LogP contribution < -0.4 is 0 Å². The summed E-state index contributed by atoms with van der Waals surface area (Å²) in [6.07, 6.45) is 2.64. The van der Waals surface area contributed by atoms with E-state index in [-0.39, 0.29) is 11.7 Å². The first kappa shape index (κ1) is 13.5. The average Bonchev–Trinajstić information content (AvgIpc) is 2.61. The fourth-order valence-corrected chi connectivity index (χ4v) is 3.40. The van der Waals surface area contributed by atoms with E-state index in [1.165, 1.54) is 0 Å². The van der Waals surface area contributed by atoms with Crippen molar-refractivity contribution in [1.82, 2.24) is 4.90 Å². The lowest BCUT2D eigenvalue weighted by Gasteiger charge is -2.28. The Kier molecular flexibility index (Phi) is 3.46. The molecule has 1 aromatic carbocycles. The number of carbonyl (C=O) groups is 1. The van der Waals surface area contributed by atoms with Gasteiger partial charge in [-0.25, -0.2) is 13.6 Å². The van der Waals surface area contributed by atoms with Gasteiger partial charge in [0.1, 0.15) is 17.7 Å². The number of hydrogen-bond acceptors (Lipinski definition) is 3. The van der Waals surface area contributed by atoms with Gasteiger partial charge in [0.15, 0.2) is 0 Å². The van der Waals surface area contributed by atoms with Crippen LogP contribution in [0.15, 0.2) is 18.2 Å². The molecule has 0 aromatic heterocycles. The van der Waals surface area contributed by atoms with Gasteiger partial charge in [0.05, 0.1) is 5.56 Å². The molecular formula is C15H17F2NO2. The Morgan fingerprint density at radius 1 is 1.20 bits per heavy atom. The summed E-state index contributed by atoms with van der Waals surface area (Å²) in [4.78, 5) is 14.3. The predicted molar refractivity (Wildman–Crippen MR) is 69.3 cm³/mol. The lowest BCUT2D eigenvalue weighted by molar-refractivity contribution is 0.0147. The molecule has 20 heavy (non-hydrogen) atoms. The Balaban J connectivity index is 1.67. The summed E-state index contributed by atoms with van der Waals surface area (Å²) in [6.45, 7) is 1.04. The fraction of sp³-hybridized carbons (Fsp3) is 0.533. The summed E-state index contributed by atoms with van der Waals surface area (Å²) in [5, 5.41) is 0. The largest absolute Gasteiger partial charge is 0.459 e. The van der Waals surface area contributed by atoms with Crippen LogP contribution in [0.3, 0.4) is 0 Å². The van der Waals surface area contributed by atoms with Gasteiger partial charge in [-0.15, -0.1) is 0 Å². The van der Waals surface area contributed by atoms with Crippen LogP contribution in [0.2, 0.25) is 0 Å². The number of ether oxygens (including phenoxy) is 1. The second kappa shape index (κ2) is 5.13. The van der Waals surface area contributed by atoms with Crippen molar-refractivity contribution < 1.29 is 18.3 Å². The van der Waals surface area contributed by atoms with E-state index >= 15 is 0 Å². The highest BCUT2D eigenvalue weighted by Crippen LogP contribution is 2.36. The van der Waals surface area contributed by atoms with E-state index in [1.54, 1.807) is 0 Å². The highest BCUT2D eigenvalue weighted by atomic mass is 19.1. The van der Waals surface area contributed by atoms with Gasteiger partial charge in [0, 0.05) is 18.7 Å². The molecule has 1 aromatic rings. The molecule has 3 rings (SSSR count). The molecule has 5 heteroatoms. The molecule has 1 aliphatic carbocycles. The van der Waals surface area contributed by atoms with E-state index in [0.717, 1.165) is 44.0 Å². The zero-order valence-corrected chi connectivity index (χ0v) is 11.3. The third kappa shape index (κ3) is 2.68. The number of fused-ring (bicyclic) bond motifs is 2. The molecule has 1 saturated heterocycles. The van der Waals surface area contributed by atoms with Gasteiger partial charge < -0.3 is 9.64 Å². The molecular weight excluding hydrogens is 264 g/mol. The zero-order chi connectivity index (χ0) is 14.3. The summed E-state index contributed by atoms with van der Waals surface area (Å²) < 4.78 is 31.6. The Labute approximate surface area is 116 Å². The first-order valence-corrected chi connectivity index (χ1v) is 6.88. The molecule has 2 aliphatic rings. The van der Waals surface area contributed by atoms with Gasteiger partial charge >= 0.3 is 5.97 Å². The summed E-state index contributed by atoms with van der Waals surface area (Å²) in [7, 11) is 2.08. The minimum atomic E-state index is -0.764. The van der Waals surface area contributed by atoms with Crippen LogP contribution >= 0.6 is 0 Å². The minimum Gasteiger partial charge on any atom is -0.459 e. The average molecular weight is 281 g/mol. The highest BCUT2D eigenvalue weighted by Gasteiger charge is 2.39. The van der Waals surface area contributed by atoms with Crippen molar-refractivity contribution in [2.75, 3.05) is 13.6 Å². The Bertz CT molecular complexity index is 512. The van der Waals surface area contributed by atoms with Crippen molar-refractivity contribution >= 4 is 5.97 Å². The molecule has 1 saturated carbocycles. The van der Waals surface area contributed by atoms with E-state index in [0.29, 0.717) is 12.0 Å². The number of hydrogen-bond donors (Lipinski definition) is 0. The standard InChI is InChI=1S/C15H17F2NO2/c1-18-8-9-2-13(18)7-14(3-9)20-15(19)10-4-11(16)6-12(17)5-10/h4-6,9,13-14H,2-3,7-8H2,1H3/t9-,13+,14-/m0/s1. The molecule has 3 atom stereocenters. The van der Waals surface area contributed by atoms with Crippen LogP contribution in [0.1, 0.15) is 29.6 Å². The van der Waals surface area contributed by atoms with Crippen molar-refractivity contribution in [3.8, 4) is 0 Å². The molecule has 1 aliphatic heterocycles. The molecule has 2 bridgehead atoms. The van der Waals surface area contributed by atoms with Crippen LogP contribution in [0.25, 0.3) is 0 Å². The maximum Gasteiger partial charge on any atom is 0.338 e. The number of rotatable bonds is 2. The summed E-state index contributed by atoms with van der Waals surface area (Å²) in [6, 6.07) is 3.21. The maximum atomic E-state index is 13.1. The van der Waals surface area contributed by atoms with Crippen molar-refractivity contribution in [2.24, 2.45) is 5.92 Å². The minimum absolute atomic E-state index is 0.0613. The number of benzene rings is 1. The molecule has 3 nitrogen and oxygen atoms in total. The molecule has 0 unspecified atom stereocenters. The zero-order valence-electron chi connectivity index (χ0n) is 11.3. The Morgan fingerprint density at radius 2 is 1.90 bits per heavy atom. The van der Waals surface area contributed by atoms with Crippen molar-refractivity contribution in [3.63, 3.8) is 0 Å². The third-order valence-electron chi connectivity index (χ3n) is 4.28. The highest BCUT2D eigenvalue weighted by molar-refractivity contribution is 5.89. The van der Waals surface area contributed by atoms with E-state index in [2.05, 4.69) is 11.9 Å². The van der Waals surface area contributed by atoms with E-state index < -0.39 is 17.6 Å². The molecule has 0 spiro atoms. The van der Waals surface area contributed by atoms with Gasteiger partial charge in [-0.05, 0) is 44.4 Å². The smallest absolute Gasteiger partial charge is 0.338 e. The number of halogens is 2. The second-order valence-electron chi connectivity index (χ2n) is 5.85. The number of esters is 1. The van der Waals surface area contributed by atoms with Gasteiger partial charge in [-0.1, -0.05) is 0 Å². The number of carbonyl (C=O) groups excluding carboxylic acids is 1. The van der Waals surface area contributed by atoms with Crippen molar-refractivity contribution in [2.45, 2.75) is 31.4 Å². The number of nitrogens with zero attached hydrogens (tertiary/aromatic N) is 1. The van der Waals surface area contributed by atoms with Crippen LogP contribution in [-0.2, 0) is 4.74 Å². The maximum absolute atomic E-state index is 13.1. The second-order valence-corrected chi connectivity index (χ2v) is 5.85. The number of likely N-dealkylation sites (tertiary alicyclic amines) is 1. The topological polar surface area (TPSA) is 29.5 Å². The summed E-state index contributed by atoms with van der Waals surface area (Å²) in [5.74, 6) is -1.61. The Hall–Kier alpha value is -1.49. The summed E-state index contributed by atoms with van der Waals surface area (Å²) >= 11 is 0. The first-order valence-electron chi connectivity index (χ1n) is 6.88. The van der Waals surface area contributed by atoms with E-state index in [1.807, 2.05) is 0 Å². The quantitative estimate of drug-likeness (QED) is 0.780. The van der Waals surface area contributed by atoms with Crippen molar-refractivity contribution in [3.05, 3.63) is 35.4 Å². The molecule has 0 amide bonds. The van der Waals surface area contributed by atoms with Gasteiger partial charge in [0.2, 0.25) is 0 Å². The van der Waals surface area contributed by atoms with E-state index in [4.69, 9.17) is 4.74 Å². The molecule has 0 radical (unpaired) electrons. The third-order valence-corrected chi connectivity index (χ3v) is 4.28. The van der Waals surface area contributed by atoms with Crippen molar-refractivity contribution in [1.29, 1.82) is 0 Å². The van der Waals surface area contributed by atoms with Crippen LogP contribution in [-0.4, -0.2) is 36.6 Å². The van der Waals surface area contributed by atoms with Gasteiger partial charge in [0.25, 0.3) is 0 Å². The lowest BCUT2D eigenvalue weighted by Crippen LogP contribution is -2.32. The molecule has 1 heterocycles. The SMILES string of the molecule is CN1C[C@@H]2C[C@H](OC(=O)c3cc(F)cc(F)c3)C[C@H]1C2. The molecule has 0 N–H and O–H groups in total. The van der Waals surface area contributed by atoms with Crippen LogP contribution in [0.4, 0.5) is 8.78 Å². The van der Waals surface area contributed by atoms with Gasteiger partial charge in [-0.2, -0.15) is 0 Å². The molecule has 108 valence electrons. The van der Waals surface area contributed by atoms with Crippen LogP contribution in [0, 0.1) is 17.6 Å². The van der Waals surface area contributed by atoms with Gasteiger partial charge in [-0.3, -0.25) is 0 Å². The van der Waals surface area contributed by atoms with Crippen LogP contribution in [0.5, 0.6) is 0 Å². The van der Waals surface area contributed by atoms with E-state index in [9.17, 15) is 13.6 Å². The fourth-order valence-electron chi connectivity index (χ4n) is 3.40. The lowest BCUT2D eigenvalue weighted by atomic mass is 9.88. The normalized spacial score (nSPS) is 29.4. The monoisotopic (exact) mass is 281 g/mol. The molecule has 2 fully saturated rings. The first-order chi connectivity index (χ1) is 9.51. The summed E-state index contributed by atoms with van der Waals surface area (Å²) in [5.41, 5.74) is -0.0613. The predicted octanol–water partition coefficient (Wildman–Crippen LogP) is 2.60.